The summed E-state index contributed by atoms with van der Waals surface area (Å²) in [4.78, 5) is 12.3. The van der Waals surface area contributed by atoms with Crippen LogP contribution in [0, 0.1) is 11.3 Å². The highest BCUT2D eigenvalue weighted by Gasteiger charge is 2.15. The fourth-order valence-electron chi connectivity index (χ4n) is 2.10. The van der Waals surface area contributed by atoms with E-state index in [-0.39, 0.29) is 22.9 Å². The summed E-state index contributed by atoms with van der Waals surface area (Å²) >= 11 is 9.11. The van der Waals surface area contributed by atoms with Gasteiger partial charge in [-0.2, -0.15) is 5.26 Å². The van der Waals surface area contributed by atoms with E-state index in [0.29, 0.717) is 9.50 Å². The average Bonchev–Trinajstić information content (AvgIpc) is 2.57. The Morgan fingerprint density at radius 2 is 2.04 bits per heavy atom. The summed E-state index contributed by atoms with van der Waals surface area (Å²) in [5.74, 6) is -0.611. The first kappa shape index (κ1) is 18.1. The molecule has 0 bridgehead atoms. The number of aromatic hydroxyl groups is 1. The van der Waals surface area contributed by atoms with Gasteiger partial charge in [0.2, 0.25) is 0 Å². The molecule has 24 heavy (non-hydrogen) atoms. The fourth-order valence-corrected chi connectivity index (χ4v) is 2.93. The zero-order chi connectivity index (χ0) is 17.7. The lowest BCUT2D eigenvalue weighted by Crippen LogP contribution is -2.27. The van der Waals surface area contributed by atoms with E-state index in [1.54, 1.807) is 0 Å². The van der Waals surface area contributed by atoms with Crippen LogP contribution in [0.15, 0.2) is 52.5 Å². The number of nitrogens with zero attached hydrogens (tertiary/aromatic N) is 1. The quantitative estimate of drug-likeness (QED) is 0.577. The molecule has 0 saturated carbocycles. The van der Waals surface area contributed by atoms with Gasteiger partial charge in [0, 0.05) is 10.6 Å². The largest absolute Gasteiger partial charge is 0.506 e. The van der Waals surface area contributed by atoms with Crippen molar-refractivity contribution in [2.24, 2.45) is 0 Å². The van der Waals surface area contributed by atoms with E-state index in [2.05, 4.69) is 21.2 Å². The molecule has 2 N–H and O–H groups in total. The summed E-state index contributed by atoms with van der Waals surface area (Å²) in [7, 11) is 0. The number of carbonyl (C=O) groups is 1. The molecule has 0 aromatic heterocycles. The van der Waals surface area contributed by atoms with E-state index >= 15 is 0 Å². The molecule has 0 aliphatic heterocycles. The maximum absolute atomic E-state index is 12.3. The molecule has 0 radical (unpaired) electrons. The van der Waals surface area contributed by atoms with Crippen molar-refractivity contribution in [2.75, 3.05) is 0 Å². The summed E-state index contributed by atoms with van der Waals surface area (Å²) in [5, 5.41) is 22.4. The van der Waals surface area contributed by atoms with Crippen LogP contribution in [0.25, 0.3) is 6.08 Å². The molecule has 4 nitrogen and oxygen atoms in total. The van der Waals surface area contributed by atoms with Gasteiger partial charge in [-0.1, -0.05) is 41.9 Å². The summed E-state index contributed by atoms with van der Waals surface area (Å²) in [6.07, 6.45) is 1.30. The molecule has 0 spiro atoms. The van der Waals surface area contributed by atoms with Crippen molar-refractivity contribution in [1.29, 1.82) is 5.26 Å². The first-order valence-electron chi connectivity index (χ1n) is 7.08. The third kappa shape index (κ3) is 4.38. The first-order chi connectivity index (χ1) is 11.4. The number of rotatable bonds is 4. The van der Waals surface area contributed by atoms with Crippen LogP contribution in [0.4, 0.5) is 0 Å². The molecule has 122 valence electrons. The standard InChI is InChI=1S/C18H14BrClN2O2/c1-11(12-5-3-2-4-6-12)22-18(24)14(10-21)7-13-8-15(20)9-16(19)17(13)23/h2-9,11,23H,1H3,(H,22,24)/b14-7-/t11-/m0/s1. The van der Waals surface area contributed by atoms with Crippen LogP contribution in [-0.2, 0) is 4.79 Å². The predicted molar refractivity (Wildman–Crippen MR) is 97.4 cm³/mol. The summed E-state index contributed by atoms with van der Waals surface area (Å²) in [6.45, 7) is 1.83. The number of benzene rings is 2. The SMILES string of the molecule is C[C@H](NC(=O)/C(C#N)=C\c1cc(Cl)cc(Br)c1O)c1ccccc1. The van der Waals surface area contributed by atoms with E-state index in [0.717, 1.165) is 5.56 Å². The Morgan fingerprint density at radius 3 is 2.67 bits per heavy atom. The van der Waals surface area contributed by atoms with Crippen molar-refractivity contribution in [3.05, 3.63) is 68.7 Å². The normalized spacial score (nSPS) is 12.3. The molecule has 0 unspecified atom stereocenters. The van der Waals surface area contributed by atoms with Gasteiger partial charge in [-0.05, 0) is 46.6 Å². The van der Waals surface area contributed by atoms with Gasteiger partial charge in [0.1, 0.15) is 17.4 Å². The van der Waals surface area contributed by atoms with Crippen molar-refractivity contribution in [3.63, 3.8) is 0 Å². The van der Waals surface area contributed by atoms with E-state index in [4.69, 9.17) is 11.6 Å². The molecule has 1 amide bonds. The smallest absolute Gasteiger partial charge is 0.262 e. The minimum atomic E-state index is -0.524. The summed E-state index contributed by atoms with van der Waals surface area (Å²) < 4.78 is 0.386. The van der Waals surface area contributed by atoms with E-state index < -0.39 is 5.91 Å². The molecule has 0 fully saturated rings. The minimum Gasteiger partial charge on any atom is -0.506 e. The Labute approximate surface area is 153 Å². The van der Waals surface area contributed by atoms with Gasteiger partial charge in [0.25, 0.3) is 5.91 Å². The van der Waals surface area contributed by atoms with Crippen molar-refractivity contribution in [2.45, 2.75) is 13.0 Å². The summed E-state index contributed by atoms with van der Waals surface area (Å²) in [6, 6.07) is 14.0. The molecular formula is C18H14BrClN2O2. The third-order valence-corrected chi connectivity index (χ3v) is 4.19. The zero-order valence-corrected chi connectivity index (χ0v) is 15.1. The van der Waals surface area contributed by atoms with Gasteiger partial charge in [-0.3, -0.25) is 4.79 Å². The average molecular weight is 406 g/mol. The Balaban J connectivity index is 2.25. The highest BCUT2D eigenvalue weighted by Crippen LogP contribution is 2.32. The number of phenols is 1. The molecule has 0 saturated heterocycles. The maximum Gasteiger partial charge on any atom is 0.262 e. The van der Waals surface area contributed by atoms with Gasteiger partial charge in [0.05, 0.1) is 10.5 Å². The van der Waals surface area contributed by atoms with Crippen molar-refractivity contribution >= 4 is 39.5 Å². The van der Waals surface area contributed by atoms with Gasteiger partial charge in [-0.15, -0.1) is 0 Å². The van der Waals surface area contributed by atoms with Crippen molar-refractivity contribution < 1.29 is 9.90 Å². The molecule has 2 aromatic carbocycles. The lowest BCUT2D eigenvalue weighted by atomic mass is 10.1. The molecule has 2 rings (SSSR count). The van der Waals surface area contributed by atoms with E-state index in [9.17, 15) is 15.2 Å². The van der Waals surface area contributed by atoms with Gasteiger partial charge >= 0.3 is 0 Å². The Kier molecular flexibility index (Phi) is 6.02. The second-order valence-corrected chi connectivity index (χ2v) is 6.39. The Morgan fingerprint density at radius 1 is 1.38 bits per heavy atom. The second kappa shape index (κ2) is 8.00. The third-order valence-electron chi connectivity index (χ3n) is 3.37. The number of halogens is 2. The topological polar surface area (TPSA) is 73.1 Å². The predicted octanol–water partition coefficient (Wildman–Crippen LogP) is 4.59. The highest BCUT2D eigenvalue weighted by molar-refractivity contribution is 9.10. The number of nitriles is 1. The highest BCUT2D eigenvalue weighted by atomic mass is 79.9. The number of hydrogen-bond donors (Lipinski definition) is 2. The molecule has 2 aromatic rings. The number of nitrogens with one attached hydrogen (secondary N) is 1. The Bertz CT molecular complexity index is 829. The van der Waals surface area contributed by atoms with Gasteiger partial charge in [0.15, 0.2) is 0 Å². The van der Waals surface area contributed by atoms with Gasteiger partial charge < -0.3 is 10.4 Å². The van der Waals surface area contributed by atoms with Crippen LogP contribution in [0.1, 0.15) is 24.1 Å². The molecule has 0 aliphatic rings. The van der Waals surface area contributed by atoms with Crippen molar-refractivity contribution in [1.82, 2.24) is 5.32 Å². The monoisotopic (exact) mass is 404 g/mol. The lowest BCUT2D eigenvalue weighted by molar-refractivity contribution is -0.117. The first-order valence-corrected chi connectivity index (χ1v) is 8.25. The van der Waals surface area contributed by atoms with Crippen LogP contribution in [-0.4, -0.2) is 11.0 Å². The maximum atomic E-state index is 12.3. The van der Waals surface area contributed by atoms with Crippen LogP contribution in [0.2, 0.25) is 5.02 Å². The number of amides is 1. The second-order valence-electron chi connectivity index (χ2n) is 5.10. The number of carbonyl (C=O) groups excluding carboxylic acids is 1. The minimum absolute atomic E-state index is 0.0870. The molecule has 6 heteroatoms. The molecule has 0 aliphatic carbocycles. The van der Waals surface area contributed by atoms with Crippen LogP contribution < -0.4 is 5.32 Å². The van der Waals surface area contributed by atoms with Crippen LogP contribution in [0.5, 0.6) is 5.75 Å². The van der Waals surface area contributed by atoms with Gasteiger partial charge in [-0.25, -0.2) is 0 Å². The zero-order valence-electron chi connectivity index (χ0n) is 12.8. The number of hydrogen-bond acceptors (Lipinski definition) is 3. The van der Waals surface area contributed by atoms with Crippen molar-refractivity contribution in [3.8, 4) is 11.8 Å². The molecular weight excluding hydrogens is 392 g/mol. The van der Waals surface area contributed by atoms with E-state index in [1.807, 2.05) is 43.3 Å². The fraction of sp³-hybridized carbons (Fsp3) is 0.111. The lowest BCUT2D eigenvalue weighted by Gasteiger charge is -2.14. The van der Waals surface area contributed by atoms with Crippen LogP contribution in [0.3, 0.4) is 0 Å². The number of phenolic OH excluding ortho intramolecular Hbond substituents is 1. The summed E-state index contributed by atoms with van der Waals surface area (Å²) in [5.41, 5.74) is 1.09. The van der Waals surface area contributed by atoms with E-state index in [1.165, 1.54) is 18.2 Å². The molecule has 0 heterocycles. The van der Waals surface area contributed by atoms with Crippen LogP contribution >= 0.6 is 27.5 Å². The molecule has 1 atom stereocenters. The Hall–Kier alpha value is -2.29.